The van der Waals surface area contributed by atoms with Crippen LogP contribution in [0, 0.1) is 0 Å². The van der Waals surface area contributed by atoms with E-state index in [1.807, 2.05) is 0 Å². The van der Waals surface area contributed by atoms with Gasteiger partial charge in [-0.25, -0.2) is 0 Å². The van der Waals surface area contributed by atoms with Crippen molar-refractivity contribution in [2.45, 2.75) is 18.9 Å². The molecule has 6 heavy (non-hydrogen) atoms. The fraction of sp³-hybridized carbons (Fsp3) is 1.00. The molecule has 0 aromatic heterocycles. The molecular formula is C4H8N2. The molecule has 0 heterocycles. The number of nitrogens with zero attached hydrogens (tertiary/aromatic N) is 2. The summed E-state index contributed by atoms with van der Waals surface area (Å²) in [5, 5.41) is 7.48. The Balaban J connectivity index is 2.15. The van der Waals surface area contributed by atoms with Gasteiger partial charge in [-0.15, -0.1) is 0 Å². The molecule has 0 bridgehead atoms. The first-order valence-corrected chi connectivity index (χ1v) is 2.22. The average Bonchev–Trinajstić information content (AvgIpc) is 2.21. The van der Waals surface area contributed by atoms with Crippen LogP contribution in [0.3, 0.4) is 0 Å². The third-order valence-corrected chi connectivity index (χ3v) is 0.826. The van der Waals surface area contributed by atoms with Gasteiger partial charge in [0.1, 0.15) is 0 Å². The summed E-state index contributed by atoms with van der Waals surface area (Å²) in [6, 6.07) is 0.606. The van der Waals surface area contributed by atoms with Crippen molar-refractivity contribution in [3.05, 3.63) is 0 Å². The van der Waals surface area contributed by atoms with Crippen LogP contribution in [0.5, 0.6) is 0 Å². The molecule has 0 unspecified atom stereocenters. The minimum absolute atomic E-state index is 0.606. The molecule has 2 nitrogen and oxygen atoms in total. The molecular weight excluding hydrogens is 76.1 g/mol. The van der Waals surface area contributed by atoms with Gasteiger partial charge >= 0.3 is 0 Å². The van der Waals surface area contributed by atoms with Crippen molar-refractivity contribution in [2.75, 3.05) is 7.05 Å². The van der Waals surface area contributed by atoms with Gasteiger partial charge in [0.05, 0.1) is 6.04 Å². The smallest absolute Gasteiger partial charge is 0.0709 e. The minimum Gasteiger partial charge on any atom is -0.197 e. The average molecular weight is 84.1 g/mol. The molecule has 0 spiro atoms. The lowest BCUT2D eigenvalue weighted by atomic mass is 10.8. The molecule has 0 atom stereocenters. The molecule has 0 radical (unpaired) electrons. The predicted molar refractivity (Wildman–Crippen MR) is 23.8 cm³/mol. The fourth-order valence-electron chi connectivity index (χ4n) is 0.353. The van der Waals surface area contributed by atoms with E-state index in [1.165, 1.54) is 12.8 Å². The van der Waals surface area contributed by atoms with Crippen molar-refractivity contribution in [1.82, 2.24) is 0 Å². The lowest BCUT2D eigenvalue weighted by molar-refractivity contribution is 0.929. The number of hydrogen-bond donors (Lipinski definition) is 0. The molecule has 0 amide bonds. The summed E-state index contributed by atoms with van der Waals surface area (Å²) < 4.78 is 0. The Bertz CT molecular complexity index is 63.9. The van der Waals surface area contributed by atoms with Crippen LogP contribution in [-0.4, -0.2) is 13.1 Å². The molecule has 1 aliphatic carbocycles. The predicted octanol–water partition coefficient (Wildman–Crippen LogP) is 1.23. The standard InChI is InChI=1S/C4H8N2/c1-5-6-4-2-3-4/h4H,2-3H2,1H3. The van der Waals surface area contributed by atoms with E-state index in [0.29, 0.717) is 6.04 Å². The maximum atomic E-state index is 3.86. The van der Waals surface area contributed by atoms with Gasteiger partial charge in [0.25, 0.3) is 0 Å². The number of rotatable bonds is 1. The molecule has 34 valence electrons. The van der Waals surface area contributed by atoms with E-state index in [1.54, 1.807) is 7.05 Å². The van der Waals surface area contributed by atoms with E-state index in [0.717, 1.165) is 0 Å². The van der Waals surface area contributed by atoms with Crippen LogP contribution < -0.4 is 0 Å². The second-order valence-corrected chi connectivity index (χ2v) is 1.55. The highest BCUT2D eigenvalue weighted by molar-refractivity contribution is 4.78. The highest BCUT2D eigenvalue weighted by Gasteiger charge is 2.19. The van der Waals surface area contributed by atoms with Gasteiger partial charge in [0.2, 0.25) is 0 Å². The molecule has 1 aliphatic rings. The van der Waals surface area contributed by atoms with Gasteiger partial charge in [-0.1, -0.05) is 0 Å². The van der Waals surface area contributed by atoms with Crippen LogP contribution in [0.2, 0.25) is 0 Å². The van der Waals surface area contributed by atoms with Gasteiger partial charge in [-0.3, -0.25) is 0 Å². The Kier molecular flexibility index (Phi) is 0.862. The first-order chi connectivity index (χ1) is 2.93. The summed E-state index contributed by atoms with van der Waals surface area (Å²) in [6.45, 7) is 0. The molecule has 0 aromatic rings. The van der Waals surface area contributed by atoms with Crippen LogP contribution >= 0.6 is 0 Å². The summed E-state index contributed by atoms with van der Waals surface area (Å²) in [5.74, 6) is 0. The molecule has 1 saturated carbocycles. The second kappa shape index (κ2) is 1.37. The Morgan fingerprint density at radius 1 is 1.50 bits per heavy atom. The molecule has 1 fully saturated rings. The Labute approximate surface area is 37.3 Å². The molecule has 0 aromatic carbocycles. The Hall–Kier alpha value is -0.400. The lowest BCUT2D eigenvalue weighted by Crippen LogP contribution is -1.64. The zero-order valence-electron chi connectivity index (χ0n) is 3.89. The number of azo groups is 1. The van der Waals surface area contributed by atoms with Crippen molar-refractivity contribution in [3.8, 4) is 0 Å². The van der Waals surface area contributed by atoms with Crippen LogP contribution in [0.4, 0.5) is 0 Å². The van der Waals surface area contributed by atoms with Crippen LogP contribution in [0.25, 0.3) is 0 Å². The summed E-state index contributed by atoms with van der Waals surface area (Å²) in [5.41, 5.74) is 0. The van der Waals surface area contributed by atoms with Crippen molar-refractivity contribution in [3.63, 3.8) is 0 Å². The number of hydrogen-bond acceptors (Lipinski definition) is 2. The van der Waals surface area contributed by atoms with E-state index >= 15 is 0 Å². The van der Waals surface area contributed by atoms with Gasteiger partial charge in [0.15, 0.2) is 0 Å². The topological polar surface area (TPSA) is 24.7 Å². The third kappa shape index (κ3) is 0.776. The van der Waals surface area contributed by atoms with Gasteiger partial charge in [-0.2, -0.15) is 10.2 Å². The van der Waals surface area contributed by atoms with Crippen molar-refractivity contribution >= 4 is 0 Å². The van der Waals surface area contributed by atoms with Crippen LogP contribution in [0.1, 0.15) is 12.8 Å². The van der Waals surface area contributed by atoms with Gasteiger partial charge < -0.3 is 0 Å². The van der Waals surface area contributed by atoms with E-state index in [4.69, 9.17) is 0 Å². The zero-order valence-corrected chi connectivity index (χ0v) is 3.89. The molecule has 0 aliphatic heterocycles. The van der Waals surface area contributed by atoms with Crippen molar-refractivity contribution < 1.29 is 0 Å². The normalized spacial score (nSPS) is 22.8. The van der Waals surface area contributed by atoms with Crippen LogP contribution in [-0.2, 0) is 0 Å². The fourth-order valence-corrected chi connectivity index (χ4v) is 0.353. The second-order valence-electron chi connectivity index (χ2n) is 1.55. The SMILES string of the molecule is CN=NC1CC1. The van der Waals surface area contributed by atoms with E-state index < -0.39 is 0 Å². The summed E-state index contributed by atoms with van der Waals surface area (Å²) >= 11 is 0. The molecule has 0 saturated heterocycles. The van der Waals surface area contributed by atoms with E-state index in [-0.39, 0.29) is 0 Å². The van der Waals surface area contributed by atoms with E-state index in [2.05, 4.69) is 10.2 Å². The largest absolute Gasteiger partial charge is 0.197 e. The minimum atomic E-state index is 0.606. The molecule has 2 heteroatoms. The van der Waals surface area contributed by atoms with E-state index in [9.17, 15) is 0 Å². The quantitative estimate of drug-likeness (QED) is 0.427. The monoisotopic (exact) mass is 84.1 g/mol. The zero-order chi connectivity index (χ0) is 4.41. The highest BCUT2D eigenvalue weighted by Crippen LogP contribution is 2.23. The summed E-state index contributed by atoms with van der Waals surface area (Å²) in [7, 11) is 1.72. The van der Waals surface area contributed by atoms with Crippen molar-refractivity contribution in [2.24, 2.45) is 10.2 Å². The maximum absolute atomic E-state index is 3.86. The van der Waals surface area contributed by atoms with Crippen molar-refractivity contribution in [1.29, 1.82) is 0 Å². The Morgan fingerprint density at radius 2 is 2.17 bits per heavy atom. The molecule has 0 N–H and O–H groups in total. The summed E-state index contributed by atoms with van der Waals surface area (Å²) in [4.78, 5) is 0. The highest BCUT2D eigenvalue weighted by atomic mass is 15.1. The van der Waals surface area contributed by atoms with Crippen LogP contribution in [0.15, 0.2) is 10.2 Å². The summed E-state index contributed by atoms with van der Waals surface area (Å²) in [6.07, 6.45) is 2.52. The lowest BCUT2D eigenvalue weighted by Gasteiger charge is -1.70. The first-order valence-electron chi connectivity index (χ1n) is 2.22. The van der Waals surface area contributed by atoms with Gasteiger partial charge in [0, 0.05) is 7.05 Å². The van der Waals surface area contributed by atoms with Gasteiger partial charge in [-0.05, 0) is 12.8 Å². The first kappa shape index (κ1) is 3.78. The molecule has 1 rings (SSSR count). The maximum Gasteiger partial charge on any atom is 0.0709 e. The Morgan fingerprint density at radius 3 is 2.33 bits per heavy atom. The third-order valence-electron chi connectivity index (χ3n) is 0.826.